The lowest BCUT2D eigenvalue weighted by Gasteiger charge is -2.23. The van der Waals surface area contributed by atoms with E-state index in [1.807, 2.05) is 18.2 Å². The Morgan fingerprint density at radius 1 is 1.19 bits per heavy atom. The van der Waals surface area contributed by atoms with Crippen LogP contribution in [0, 0.1) is 5.41 Å². The number of rotatable bonds is 4. The van der Waals surface area contributed by atoms with Gasteiger partial charge >= 0.3 is 0 Å². The fourth-order valence-electron chi connectivity index (χ4n) is 2.04. The van der Waals surface area contributed by atoms with Crippen LogP contribution in [0.15, 0.2) is 18.2 Å². The minimum atomic E-state index is -0.0152. The molecule has 0 aromatic heterocycles. The normalized spacial score (nSPS) is 19.0. The van der Waals surface area contributed by atoms with Crippen molar-refractivity contribution in [3.8, 4) is 11.5 Å². The Bertz CT molecular complexity index is 363. The van der Waals surface area contributed by atoms with Crippen LogP contribution in [0.4, 0.5) is 0 Å². The summed E-state index contributed by atoms with van der Waals surface area (Å²) in [7, 11) is 3.33. The molecular weight excluding hydrogens is 202 g/mol. The summed E-state index contributed by atoms with van der Waals surface area (Å²) >= 11 is 0. The van der Waals surface area contributed by atoms with Gasteiger partial charge in [-0.2, -0.15) is 0 Å². The lowest BCUT2D eigenvalue weighted by atomic mass is 9.91. The Morgan fingerprint density at radius 2 is 1.69 bits per heavy atom. The summed E-state index contributed by atoms with van der Waals surface area (Å²) in [6, 6.07) is 5.77. The van der Waals surface area contributed by atoms with Gasteiger partial charge in [-0.25, -0.2) is 0 Å². The van der Waals surface area contributed by atoms with Crippen molar-refractivity contribution in [3.63, 3.8) is 0 Å². The maximum Gasteiger partial charge on any atom is 0.127 e. The first-order chi connectivity index (χ1) is 7.62. The van der Waals surface area contributed by atoms with Gasteiger partial charge in [0.2, 0.25) is 0 Å². The Hall–Kier alpha value is -1.22. The highest BCUT2D eigenvalue weighted by Crippen LogP contribution is 2.56. The maximum atomic E-state index is 6.33. The molecule has 0 saturated heterocycles. The smallest absolute Gasteiger partial charge is 0.127 e. The van der Waals surface area contributed by atoms with E-state index < -0.39 is 0 Å². The summed E-state index contributed by atoms with van der Waals surface area (Å²) in [5.41, 5.74) is 7.53. The molecule has 0 bridgehead atoms. The van der Waals surface area contributed by atoms with E-state index >= 15 is 0 Å². The summed E-state index contributed by atoms with van der Waals surface area (Å²) in [6.07, 6.45) is 2.35. The van der Waals surface area contributed by atoms with E-state index in [9.17, 15) is 0 Å². The molecule has 1 atom stereocenters. The quantitative estimate of drug-likeness (QED) is 0.849. The van der Waals surface area contributed by atoms with E-state index in [1.54, 1.807) is 14.2 Å². The van der Waals surface area contributed by atoms with Crippen LogP contribution >= 0.6 is 0 Å². The third-order valence-corrected chi connectivity index (χ3v) is 3.57. The fourth-order valence-corrected chi connectivity index (χ4v) is 2.04. The number of hydrogen-bond acceptors (Lipinski definition) is 3. The van der Waals surface area contributed by atoms with E-state index in [0.717, 1.165) is 17.1 Å². The molecule has 1 fully saturated rings. The average molecular weight is 221 g/mol. The van der Waals surface area contributed by atoms with Crippen LogP contribution in [0.25, 0.3) is 0 Å². The van der Waals surface area contributed by atoms with Crippen molar-refractivity contribution in [2.75, 3.05) is 14.2 Å². The van der Waals surface area contributed by atoms with Crippen LogP contribution in [-0.2, 0) is 0 Å². The molecule has 0 amide bonds. The van der Waals surface area contributed by atoms with E-state index in [1.165, 1.54) is 12.8 Å². The molecule has 1 unspecified atom stereocenters. The van der Waals surface area contributed by atoms with Crippen LogP contribution in [-0.4, -0.2) is 14.2 Å². The molecule has 0 radical (unpaired) electrons. The van der Waals surface area contributed by atoms with Crippen LogP contribution < -0.4 is 15.2 Å². The second kappa shape index (κ2) is 3.98. The van der Waals surface area contributed by atoms with Crippen molar-refractivity contribution in [2.45, 2.75) is 25.8 Å². The molecule has 0 spiro atoms. The average Bonchev–Trinajstić information content (AvgIpc) is 3.06. The SMILES string of the molecule is COc1cccc(OC)c1C(N)C1(C)CC1. The van der Waals surface area contributed by atoms with E-state index in [0.29, 0.717) is 0 Å². The number of ether oxygens (including phenoxy) is 2. The zero-order valence-corrected chi connectivity index (χ0v) is 10.1. The summed E-state index contributed by atoms with van der Waals surface area (Å²) in [5, 5.41) is 0. The van der Waals surface area contributed by atoms with Crippen molar-refractivity contribution in [3.05, 3.63) is 23.8 Å². The van der Waals surface area contributed by atoms with Gasteiger partial charge in [0.15, 0.2) is 0 Å². The van der Waals surface area contributed by atoms with Crippen molar-refractivity contribution in [1.29, 1.82) is 0 Å². The highest BCUT2D eigenvalue weighted by molar-refractivity contribution is 5.48. The lowest BCUT2D eigenvalue weighted by Crippen LogP contribution is -2.21. The molecule has 1 aromatic carbocycles. The van der Waals surface area contributed by atoms with Crippen molar-refractivity contribution >= 4 is 0 Å². The number of benzene rings is 1. The molecule has 2 N–H and O–H groups in total. The molecule has 16 heavy (non-hydrogen) atoms. The van der Waals surface area contributed by atoms with Gasteiger partial charge in [-0.3, -0.25) is 0 Å². The summed E-state index contributed by atoms with van der Waals surface area (Å²) in [4.78, 5) is 0. The Kier molecular flexibility index (Phi) is 2.80. The Morgan fingerprint density at radius 3 is 2.06 bits per heavy atom. The number of nitrogens with two attached hydrogens (primary N) is 1. The highest BCUT2D eigenvalue weighted by atomic mass is 16.5. The van der Waals surface area contributed by atoms with Crippen LogP contribution in [0.5, 0.6) is 11.5 Å². The van der Waals surface area contributed by atoms with E-state index in [-0.39, 0.29) is 11.5 Å². The minimum Gasteiger partial charge on any atom is -0.496 e. The third kappa shape index (κ3) is 1.76. The molecule has 1 saturated carbocycles. The van der Waals surface area contributed by atoms with Gasteiger partial charge in [-0.15, -0.1) is 0 Å². The molecule has 1 aliphatic carbocycles. The van der Waals surface area contributed by atoms with Gasteiger partial charge in [-0.05, 0) is 30.4 Å². The molecule has 1 aliphatic rings. The second-order valence-corrected chi connectivity index (χ2v) is 4.71. The van der Waals surface area contributed by atoms with Crippen LogP contribution in [0.2, 0.25) is 0 Å². The predicted molar refractivity (Wildman–Crippen MR) is 63.8 cm³/mol. The van der Waals surface area contributed by atoms with Gasteiger partial charge in [-0.1, -0.05) is 13.0 Å². The lowest BCUT2D eigenvalue weighted by molar-refractivity contribution is 0.356. The molecule has 3 heteroatoms. The molecule has 3 nitrogen and oxygen atoms in total. The molecule has 2 rings (SSSR count). The predicted octanol–water partition coefficient (Wildman–Crippen LogP) is 2.50. The number of hydrogen-bond donors (Lipinski definition) is 1. The van der Waals surface area contributed by atoms with E-state index in [4.69, 9.17) is 15.2 Å². The van der Waals surface area contributed by atoms with Crippen molar-refractivity contribution < 1.29 is 9.47 Å². The van der Waals surface area contributed by atoms with Crippen LogP contribution in [0.3, 0.4) is 0 Å². The van der Waals surface area contributed by atoms with Gasteiger partial charge in [0.05, 0.1) is 19.8 Å². The summed E-state index contributed by atoms with van der Waals surface area (Å²) < 4.78 is 10.7. The Labute approximate surface area is 96.5 Å². The topological polar surface area (TPSA) is 44.5 Å². The highest BCUT2D eigenvalue weighted by Gasteiger charge is 2.45. The second-order valence-electron chi connectivity index (χ2n) is 4.71. The van der Waals surface area contributed by atoms with Gasteiger partial charge in [0.1, 0.15) is 11.5 Å². The maximum absolute atomic E-state index is 6.33. The molecule has 0 heterocycles. The van der Waals surface area contributed by atoms with Crippen molar-refractivity contribution in [1.82, 2.24) is 0 Å². The largest absolute Gasteiger partial charge is 0.496 e. The molecule has 1 aromatic rings. The summed E-state index contributed by atoms with van der Waals surface area (Å²) in [6.45, 7) is 2.21. The number of methoxy groups -OCH3 is 2. The van der Waals surface area contributed by atoms with Gasteiger partial charge in [0, 0.05) is 6.04 Å². The molecular formula is C13H19NO2. The fraction of sp³-hybridized carbons (Fsp3) is 0.538. The molecule has 88 valence electrons. The van der Waals surface area contributed by atoms with Crippen molar-refractivity contribution in [2.24, 2.45) is 11.1 Å². The summed E-state index contributed by atoms with van der Waals surface area (Å²) in [5.74, 6) is 1.64. The zero-order valence-electron chi connectivity index (χ0n) is 10.1. The first-order valence-electron chi connectivity index (χ1n) is 5.59. The van der Waals surface area contributed by atoms with Gasteiger partial charge < -0.3 is 15.2 Å². The monoisotopic (exact) mass is 221 g/mol. The van der Waals surface area contributed by atoms with Crippen LogP contribution in [0.1, 0.15) is 31.4 Å². The first-order valence-corrected chi connectivity index (χ1v) is 5.59. The van der Waals surface area contributed by atoms with E-state index in [2.05, 4.69) is 6.92 Å². The third-order valence-electron chi connectivity index (χ3n) is 3.57. The first kappa shape index (κ1) is 11.3. The minimum absolute atomic E-state index is 0.0152. The Balaban J connectivity index is 2.43. The molecule has 0 aliphatic heterocycles. The zero-order chi connectivity index (χ0) is 11.8. The van der Waals surface area contributed by atoms with Gasteiger partial charge in [0.25, 0.3) is 0 Å². The standard InChI is InChI=1S/C13H19NO2/c1-13(7-8-13)12(14)11-9(15-2)5-4-6-10(11)16-3/h4-6,12H,7-8,14H2,1-3H3.